The molecular weight excluding hydrogens is 270 g/mol. The number of Topliss-reactive ketones (excluding diaryl/α,β-unsaturated/α-hetero) is 1. The fourth-order valence-electron chi connectivity index (χ4n) is 2.38. The van der Waals surface area contributed by atoms with Gasteiger partial charge in [0.15, 0.2) is 5.78 Å². The normalized spacial score (nSPS) is 16.1. The molecule has 1 aromatic heterocycles. The molecule has 0 saturated heterocycles. The lowest BCUT2D eigenvalue weighted by Crippen LogP contribution is -2.12. The Kier molecular flexibility index (Phi) is 6.37. The number of ether oxygens (including phenoxy) is 1. The summed E-state index contributed by atoms with van der Waals surface area (Å²) in [5.74, 6) is 1.42. The largest absolute Gasteiger partial charge is 0.492 e. The predicted molar refractivity (Wildman–Crippen MR) is 83.7 cm³/mol. The number of ketones is 1. The lowest BCUT2D eigenvalue weighted by molar-refractivity contribution is 0.102. The van der Waals surface area contributed by atoms with Gasteiger partial charge in [-0.15, -0.1) is 0 Å². The maximum absolute atomic E-state index is 12.2. The lowest BCUT2D eigenvalue weighted by atomic mass is 10.0. The van der Waals surface area contributed by atoms with Crippen molar-refractivity contribution in [2.24, 2.45) is 0 Å². The lowest BCUT2D eigenvalue weighted by Gasteiger charge is -2.20. The molecule has 0 spiro atoms. The van der Waals surface area contributed by atoms with Gasteiger partial charge in [-0.25, -0.2) is 0 Å². The van der Waals surface area contributed by atoms with Crippen molar-refractivity contribution >= 4 is 17.5 Å². The third kappa shape index (κ3) is 4.82. The Morgan fingerprint density at radius 2 is 2.15 bits per heavy atom. The van der Waals surface area contributed by atoms with Gasteiger partial charge in [-0.05, 0) is 25.3 Å². The highest BCUT2D eigenvalue weighted by Gasteiger charge is 2.16. The highest BCUT2D eigenvalue weighted by Crippen LogP contribution is 2.28. The molecule has 1 aliphatic rings. The smallest absolute Gasteiger partial charge is 0.174 e. The Morgan fingerprint density at radius 3 is 2.90 bits per heavy atom. The summed E-state index contributed by atoms with van der Waals surface area (Å²) >= 11 is 1.81. The van der Waals surface area contributed by atoms with E-state index in [0.717, 1.165) is 6.42 Å². The van der Waals surface area contributed by atoms with Gasteiger partial charge in [0.2, 0.25) is 0 Å². The zero-order valence-corrected chi connectivity index (χ0v) is 13.0. The first-order valence-corrected chi connectivity index (χ1v) is 8.57. The van der Waals surface area contributed by atoms with E-state index < -0.39 is 0 Å². The summed E-state index contributed by atoms with van der Waals surface area (Å²) in [6.45, 7) is 2.72. The van der Waals surface area contributed by atoms with E-state index in [0.29, 0.717) is 28.9 Å². The van der Waals surface area contributed by atoms with Crippen LogP contribution in [0, 0.1) is 0 Å². The van der Waals surface area contributed by atoms with Crippen LogP contribution < -0.4 is 4.74 Å². The van der Waals surface area contributed by atoms with Crippen LogP contribution in [0.25, 0.3) is 0 Å². The summed E-state index contributed by atoms with van der Waals surface area (Å²) in [5, 5.41) is 0.667. The number of hydrogen-bond donors (Lipinski definition) is 0. The molecule has 0 bridgehead atoms. The average molecular weight is 293 g/mol. The Morgan fingerprint density at radius 1 is 1.35 bits per heavy atom. The Hall–Kier alpha value is -1.03. The minimum Gasteiger partial charge on any atom is -0.492 e. The van der Waals surface area contributed by atoms with Crippen LogP contribution in [0.1, 0.15) is 55.8 Å². The van der Waals surface area contributed by atoms with Gasteiger partial charge in [-0.1, -0.05) is 26.2 Å². The molecular formula is C16H23NO2S. The topological polar surface area (TPSA) is 39.2 Å². The summed E-state index contributed by atoms with van der Waals surface area (Å²) in [6, 6.07) is 1.81. The van der Waals surface area contributed by atoms with E-state index >= 15 is 0 Å². The number of pyridine rings is 1. The van der Waals surface area contributed by atoms with Crippen molar-refractivity contribution in [2.75, 3.05) is 12.4 Å². The second kappa shape index (κ2) is 8.30. The Labute approximate surface area is 125 Å². The van der Waals surface area contributed by atoms with Crippen molar-refractivity contribution in [3.05, 3.63) is 24.0 Å². The van der Waals surface area contributed by atoms with Crippen molar-refractivity contribution in [3.63, 3.8) is 0 Å². The molecule has 1 aromatic rings. The maximum Gasteiger partial charge on any atom is 0.174 e. The highest BCUT2D eigenvalue weighted by atomic mass is 32.2. The number of aromatic nitrogens is 1. The van der Waals surface area contributed by atoms with Crippen LogP contribution in [0.5, 0.6) is 5.75 Å². The second-order valence-electron chi connectivity index (χ2n) is 5.25. The monoisotopic (exact) mass is 293 g/mol. The van der Waals surface area contributed by atoms with Crippen molar-refractivity contribution in [1.82, 2.24) is 4.98 Å². The molecule has 4 heteroatoms. The van der Waals surface area contributed by atoms with Gasteiger partial charge in [-0.3, -0.25) is 9.78 Å². The van der Waals surface area contributed by atoms with Crippen LogP contribution in [0.2, 0.25) is 0 Å². The van der Waals surface area contributed by atoms with Crippen LogP contribution in [-0.4, -0.2) is 28.4 Å². The van der Waals surface area contributed by atoms with E-state index in [1.807, 2.05) is 6.07 Å². The van der Waals surface area contributed by atoms with Crippen LogP contribution in [0.3, 0.4) is 0 Å². The molecule has 1 saturated carbocycles. The van der Waals surface area contributed by atoms with E-state index in [2.05, 4.69) is 11.9 Å². The zero-order valence-electron chi connectivity index (χ0n) is 12.1. The summed E-state index contributed by atoms with van der Waals surface area (Å²) in [5.41, 5.74) is 0.668. The molecule has 1 heterocycles. The quantitative estimate of drug-likeness (QED) is 0.709. The first-order chi connectivity index (χ1) is 9.79. The zero-order chi connectivity index (χ0) is 14.2. The predicted octanol–water partition coefficient (Wildman–Crippen LogP) is 4.12. The van der Waals surface area contributed by atoms with Gasteiger partial charge < -0.3 is 4.74 Å². The SMILES string of the molecule is CCCOc1cncc(C(=O)CSC2CCCCC2)c1. The standard InChI is InChI=1S/C16H23NO2S/c1-2-8-19-14-9-13(10-17-11-14)16(18)12-20-15-6-4-3-5-7-15/h9-11,15H,2-8,12H2,1H3. The van der Waals surface area contributed by atoms with Gasteiger partial charge in [0, 0.05) is 17.0 Å². The van der Waals surface area contributed by atoms with Crippen molar-refractivity contribution in [3.8, 4) is 5.75 Å². The Bertz CT molecular complexity index is 430. The molecule has 1 fully saturated rings. The van der Waals surface area contributed by atoms with Crippen LogP contribution in [0.15, 0.2) is 18.5 Å². The summed E-state index contributed by atoms with van der Waals surface area (Å²) in [7, 11) is 0. The number of hydrogen-bond acceptors (Lipinski definition) is 4. The number of nitrogens with zero attached hydrogens (tertiary/aromatic N) is 1. The summed E-state index contributed by atoms with van der Waals surface area (Å²) in [4.78, 5) is 16.3. The van der Waals surface area contributed by atoms with Gasteiger partial charge in [0.05, 0.1) is 18.6 Å². The summed E-state index contributed by atoms with van der Waals surface area (Å²) in [6.07, 6.45) is 10.8. The number of thioether (sulfide) groups is 1. The molecule has 0 amide bonds. The van der Waals surface area contributed by atoms with Gasteiger partial charge in [-0.2, -0.15) is 11.8 Å². The molecule has 0 N–H and O–H groups in total. The van der Waals surface area contributed by atoms with Gasteiger partial charge in [0.1, 0.15) is 5.75 Å². The fraction of sp³-hybridized carbons (Fsp3) is 0.625. The molecule has 0 aromatic carbocycles. The molecule has 2 rings (SSSR count). The number of carbonyl (C=O) groups is 1. The van der Waals surface area contributed by atoms with Crippen LogP contribution in [0.4, 0.5) is 0 Å². The molecule has 0 radical (unpaired) electrons. The highest BCUT2D eigenvalue weighted by molar-refractivity contribution is 8.00. The summed E-state index contributed by atoms with van der Waals surface area (Å²) < 4.78 is 5.52. The Balaban J connectivity index is 1.84. The van der Waals surface area contributed by atoms with Gasteiger partial charge in [0.25, 0.3) is 0 Å². The maximum atomic E-state index is 12.2. The molecule has 0 aliphatic heterocycles. The van der Waals surface area contributed by atoms with Crippen molar-refractivity contribution in [1.29, 1.82) is 0 Å². The molecule has 3 nitrogen and oxygen atoms in total. The van der Waals surface area contributed by atoms with Gasteiger partial charge >= 0.3 is 0 Å². The first kappa shape index (κ1) is 15.4. The van der Waals surface area contributed by atoms with Crippen molar-refractivity contribution in [2.45, 2.75) is 50.7 Å². The molecule has 0 atom stereocenters. The van der Waals surface area contributed by atoms with Crippen LogP contribution >= 0.6 is 11.8 Å². The van der Waals surface area contributed by atoms with E-state index in [9.17, 15) is 4.79 Å². The molecule has 20 heavy (non-hydrogen) atoms. The third-order valence-corrected chi connectivity index (χ3v) is 4.88. The number of carbonyl (C=O) groups excluding carboxylic acids is 1. The first-order valence-electron chi connectivity index (χ1n) is 7.52. The average Bonchev–Trinajstić information content (AvgIpc) is 2.52. The van der Waals surface area contributed by atoms with Crippen LogP contribution in [-0.2, 0) is 0 Å². The van der Waals surface area contributed by atoms with E-state index in [-0.39, 0.29) is 5.78 Å². The fourth-order valence-corrected chi connectivity index (χ4v) is 3.60. The minimum atomic E-state index is 0.162. The molecule has 110 valence electrons. The number of rotatable bonds is 7. The third-order valence-electron chi connectivity index (χ3n) is 3.51. The molecule has 0 unspecified atom stereocenters. The van der Waals surface area contributed by atoms with E-state index in [1.165, 1.54) is 32.1 Å². The van der Waals surface area contributed by atoms with E-state index in [4.69, 9.17) is 4.74 Å². The second-order valence-corrected chi connectivity index (χ2v) is 6.54. The van der Waals surface area contributed by atoms with E-state index in [1.54, 1.807) is 24.2 Å². The minimum absolute atomic E-state index is 0.162. The van der Waals surface area contributed by atoms with Crippen molar-refractivity contribution < 1.29 is 9.53 Å². The molecule has 1 aliphatic carbocycles.